The van der Waals surface area contributed by atoms with Crippen LogP contribution in [0.1, 0.15) is 30.5 Å². The Balaban J connectivity index is 1.50. The maximum Gasteiger partial charge on any atom is 0.255 e. The lowest BCUT2D eigenvalue weighted by Crippen LogP contribution is -2.31. The number of nitrogens with zero attached hydrogens (tertiary/aromatic N) is 2. The smallest absolute Gasteiger partial charge is 0.255 e. The van der Waals surface area contributed by atoms with E-state index in [2.05, 4.69) is 15.2 Å². The first-order chi connectivity index (χ1) is 17.5. The molecule has 2 N–H and O–H groups in total. The van der Waals surface area contributed by atoms with Crippen LogP contribution in [0.4, 0.5) is 11.6 Å². The predicted octanol–water partition coefficient (Wildman–Crippen LogP) is 6.09. The van der Waals surface area contributed by atoms with Gasteiger partial charge in [0.25, 0.3) is 5.91 Å². The number of carbonyl (C=O) groups is 1. The lowest BCUT2D eigenvalue weighted by molar-refractivity contribution is -0.113. The molecule has 36 heavy (non-hydrogen) atoms. The van der Waals surface area contributed by atoms with Crippen molar-refractivity contribution in [3.63, 3.8) is 0 Å². The average Bonchev–Trinajstić information content (AvgIpc) is 3.03. The van der Waals surface area contributed by atoms with Crippen LogP contribution in [0.5, 0.6) is 11.5 Å². The highest BCUT2D eigenvalue weighted by atomic mass is 35.5. The van der Waals surface area contributed by atoms with Crippen molar-refractivity contribution in [3.05, 3.63) is 88.1 Å². The van der Waals surface area contributed by atoms with E-state index in [1.807, 2.05) is 68.4 Å². The lowest BCUT2D eigenvalue weighted by atomic mass is 9.93. The van der Waals surface area contributed by atoms with Gasteiger partial charge in [-0.15, -0.1) is 0 Å². The van der Waals surface area contributed by atoms with Gasteiger partial charge in [-0.25, -0.2) is 4.98 Å². The van der Waals surface area contributed by atoms with Gasteiger partial charge >= 0.3 is 0 Å². The number of hydrogen-bond acceptors (Lipinski definition) is 5. The number of aromatic nitrogens is 2. The molecule has 0 aliphatic carbocycles. The van der Waals surface area contributed by atoms with Crippen molar-refractivity contribution < 1.29 is 14.3 Å². The second-order valence-corrected chi connectivity index (χ2v) is 9.52. The summed E-state index contributed by atoms with van der Waals surface area (Å²) in [6.45, 7) is 5.04. The Morgan fingerprint density at radius 1 is 1.06 bits per heavy atom. The third kappa shape index (κ3) is 3.95. The fourth-order valence-corrected chi connectivity index (χ4v) is 5.22. The van der Waals surface area contributed by atoms with Crippen molar-refractivity contribution in [1.29, 1.82) is 0 Å². The van der Waals surface area contributed by atoms with Gasteiger partial charge in [0.15, 0.2) is 11.5 Å². The zero-order valence-electron chi connectivity index (χ0n) is 20.0. The first-order valence-electron chi connectivity index (χ1n) is 11.9. The normalized spacial score (nSPS) is 16.8. The Morgan fingerprint density at radius 2 is 1.86 bits per heavy atom. The summed E-state index contributed by atoms with van der Waals surface area (Å²) in [5.74, 6) is 1.85. The molecule has 8 heteroatoms. The molecule has 2 aliphatic rings. The van der Waals surface area contributed by atoms with E-state index in [9.17, 15) is 4.79 Å². The molecule has 2 aliphatic heterocycles. The van der Waals surface area contributed by atoms with E-state index in [0.29, 0.717) is 46.9 Å². The second-order valence-electron chi connectivity index (χ2n) is 9.09. The molecule has 3 heterocycles. The van der Waals surface area contributed by atoms with E-state index >= 15 is 0 Å². The highest BCUT2D eigenvalue weighted by Gasteiger charge is 2.35. The number of amides is 1. The lowest BCUT2D eigenvalue weighted by Gasteiger charge is -2.31. The van der Waals surface area contributed by atoms with Crippen LogP contribution in [0.15, 0.2) is 71.9 Å². The standard InChI is InChI=1S/C28H25ClN4O3/c1-16-12-19(29)15-20(13-16)31-27(34)25-17(2)30-28-32-21-6-3-4-7-22(21)33(28)26(25)18-8-9-23-24(14-18)36-11-5-10-35-23/h3-4,6-9,12-15,26H,5,10-11H2,1-2H3,(H,30,32)(H,31,34). The average molecular weight is 501 g/mol. The molecule has 6 rings (SSSR count). The summed E-state index contributed by atoms with van der Waals surface area (Å²) < 4.78 is 13.9. The molecule has 3 aromatic carbocycles. The molecule has 0 spiro atoms. The monoisotopic (exact) mass is 500 g/mol. The minimum absolute atomic E-state index is 0.220. The third-order valence-electron chi connectivity index (χ3n) is 6.46. The van der Waals surface area contributed by atoms with E-state index in [4.69, 9.17) is 26.1 Å². The molecular weight excluding hydrogens is 476 g/mol. The Labute approximate surface area is 213 Å². The minimum Gasteiger partial charge on any atom is -0.490 e. The highest BCUT2D eigenvalue weighted by Crippen LogP contribution is 2.42. The zero-order valence-corrected chi connectivity index (χ0v) is 20.7. The number of anilines is 2. The van der Waals surface area contributed by atoms with Crippen molar-refractivity contribution in [2.24, 2.45) is 0 Å². The molecule has 1 amide bonds. The zero-order chi connectivity index (χ0) is 24.8. The van der Waals surface area contributed by atoms with Gasteiger partial charge in [-0.2, -0.15) is 0 Å². The predicted molar refractivity (Wildman–Crippen MR) is 141 cm³/mol. The number of carbonyl (C=O) groups excluding carboxylic acids is 1. The summed E-state index contributed by atoms with van der Waals surface area (Å²) in [7, 11) is 0. The second kappa shape index (κ2) is 8.91. The molecule has 182 valence electrons. The van der Waals surface area contributed by atoms with Crippen LogP contribution in [0.2, 0.25) is 5.02 Å². The summed E-state index contributed by atoms with van der Waals surface area (Å²) in [5.41, 5.74) is 5.59. The first-order valence-corrected chi connectivity index (χ1v) is 12.3. The number of rotatable bonds is 3. The maximum atomic E-state index is 13.9. The molecule has 7 nitrogen and oxygen atoms in total. The highest BCUT2D eigenvalue weighted by molar-refractivity contribution is 6.31. The summed E-state index contributed by atoms with van der Waals surface area (Å²) >= 11 is 6.26. The van der Waals surface area contributed by atoms with E-state index in [1.165, 1.54) is 0 Å². The molecule has 1 atom stereocenters. The fraction of sp³-hybridized carbons (Fsp3) is 0.214. The van der Waals surface area contributed by atoms with Gasteiger partial charge in [0.2, 0.25) is 5.95 Å². The van der Waals surface area contributed by atoms with Gasteiger partial charge in [0.1, 0.15) is 0 Å². The van der Waals surface area contributed by atoms with Crippen LogP contribution in [0, 0.1) is 6.92 Å². The number of imidazole rings is 1. The van der Waals surface area contributed by atoms with Crippen LogP contribution in [-0.2, 0) is 4.79 Å². The van der Waals surface area contributed by atoms with Gasteiger partial charge in [-0.05, 0) is 67.4 Å². The number of ether oxygens (including phenoxy) is 2. The third-order valence-corrected chi connectivity index (χ3v) is 6.68. The van der Waals surface area contributed by atoms with E-state index < -0.39 is 6.04 Å². The number of fused-ring (bicyclic) bond motifs is 4. The van der Waals surface area contributed by atoms with Crippen LogP contribution in [0.3, 0.4) is 0 Å². The van der Waals surface area contributed by atoms with E-state index in [0.717, 1.165) is 34.3 Å². The molecule has 0 fully saturated rings. The van der Waals surface area contributed by atoms with Gasteiger partial charge in [-0.3, -0.25) is 9.36 Å². The van der Waals surface area contributed by atoms with Crippen molar-refractivity contribution in [3.8, 4) is 11.5 Å². The summed E-state index contributed by atoms with van der Waals surface area (Å²) in [6.07, 6.45) is 0.819. The molecular formula is C28H25ClN4O3. The van der Waals surface area contributed by atoms with E-state index in [1.54, 1.807) is 6.07 Å². The quantitative estimate of drug-likeness (QED) is 0.356. The molecule has 0 saturated heterocycles. The molecule has 0 radical (unpaired) electrons. The van der Waals surface area contributed by atoms with Crippen LogP contribution < -0.4 is 20.1 Å². The summed E-state index contributed by atoms with van der Waals surface area (Å²) in [5, 5.41) is 6.97. The summed E-state index contributed by atoms with van der Waals surface area (Å²) in [6, 6.07) is 18.9. The van der Waals surface area contributed by atoms with Gasteiger partial charge in [0, 0.05) is 22.8 Å². The Bertz CT molecular complexity index is 1520. The number of allylic oxidation sites excluding steroid dienone is 1. The SMILES string of the molecule is CC1=C(C(=O)Nc2cc(C)cc(Cl)c2)C(c2ccc3c(c2)OCCCO3)n2c(nc3ccccc32)N1. The number of benzene rings is 3. The van der Waals surface area contributed by atoms with Gasteiger partial charge < -0.3 is 20.1 Å². The fourth-order valence-electron chi connectivity index (χ4n) is 4.93. The number of para-hydroxylation sites is 2. The maximum absolute atomic E-state index is 13.9. The number of aryl methyl sites for hydroxylation is 1. The van der Waals surface area contributed by atoms with Crippen LogP contribution in [-0.4, -0.2) is 28.7 Å². The molecule has 1 aromatic heterocycles. The molecule has 4 aromatic rings. The molecule has 0 saturated carbocycles. The van der Waals surface area contributed by atoms with Gasteiger partial charge in [0.05, 0.1) is 35.9 Å². The van der Waals surface area contributed by atoms with Crippen LogP contribution >= 0.6 is 11.6 Å². The van der Waals surface area contributed by atoms with Gasteiger partial charge in [-0.1, -0.05) is 29.8 Å². The minimum atomic E-state index is -0.439. The number of halogens is 1. The van der Waals surface area contributed by atoms with Crippen LogP contribution in [0.25, 0.3) is 11.0 Å². The van der Waals surface area contributed by atoms with Crippen molar-refractivity contribution in [2.45, 2.75) is 26.3 Å². The Kier molecular flexibility index (Phi) is 5.57. The van der Waals surface area contributed by atoms with Crippen molar-refractivity contribution in [1.82, 2.24) is 9.55 Å². The number of hydrogen-bond donors (Lipinski definition) is 2. The Morgan fingerprint density at radius 3 is 2.69 bits per heavy atom. The first kappa shape index (κ1) is 22.5. The topological polar surface area (TPSA) is 77.4 Å². The van der Waals surface area contributed by atoms with Crippen molar-refractivity contribution >= 4 is 40.2 Å². The number of nitrogens with one attached hydrogen (secondary N) is 2. The molecule has 1 unspecified atom stereocenters. The molecule has 0 bridgehead atoms. The van der Waals surface area contributed by atoms with Crippen molar-refractivity contribution in [2.75, 3.05) is 23.8 Å². The summed E-state index contributed by atoms with van der Waals surface area (Å²) in [4.78, 5) is 18.6. The largest absolute Gasteiger partial charge is 0.490 e. The Hall–Kier alpha value is -3.97. The van der Waals surface area contributed by atoms with E-state index in [-0.39, 0.29) is 5.91 Å².